The molecular formula is C30H51N7O2. The monoisotopic (exact) mass is 541 g/mol. The second-order valence-electron chi connectivity index (χ2n) is 12.0. The number of aryl methyl sites for hydroxylation is 2. The molecule has 2 aromatic rings. The molecule has 0 amide bonds. The summed E-state index contributed by atoms with van der Waals surface area (Å²) in [6.07, 6.45) is 15.3. The minimum atomic E-state index is -0.130. The lowest BCUT2D eigenvalue weighted by atomic mass is 9.77. The van der Waals surface area contributed by atoms with Gasteiger partial charge in [0.25, 0.3) is 0 Å². The first-order chi connectivity index (χ1) is 19.0. The molecule has 4 heterocycles. The van der Waals surface area contributed by atoms with Gasteiger partial charge >= 0.3 is 5.97 Å². The second-order valence-corrected chi connectivity index (χ2v) is 12.0. The van der Waals surface area contributed by atoms with Crippen LogP contribution in [0, 0.1) is 11.3 Å². The number of hydrogen-bond donors (Lipinski definition) is 1. The summed E-state index contributed by atoms with van der Waals surface area (Å²) in [6.45, 7) is 17.9. The van der Waals surface area contributed by atoms with Gasteiger partial charge in [0.05, 0.1) is 13.2 Å². The van der Waals surface area contributed by atoms with Gasteiger partial charge in [-0.15, -0.1) is 0 Å². The van der Waals surface area contributed by atoms with Crippen molar-refractivity contribution in [2.24, 2.45) is 11.3 Å². The van der Waals surface area contributed by atoms with Crippen molar-refractivity contribution in [2.75, 3.05) is 52.4 Å². The highest BCUT2D eigenvalue weighted by molar-refractivity contribution is 5.69. The van der Waals surface area contributed by atoms with Crippen LogP contribution in [0.15, 0.2) is 24.8 Å². The molecule has 0 aliphatic carbocycles. The lowest BCUT2D eigenvalue weighted by molar-refractivity contribution is -0.143. The largest absolute Gasteiger partial charge is 0.466 e. The van der Waals surface area contributed by atoms with Crippen molar-refractivity contribution in [1.82, 2.24) is 34.2 Å². The van der Waals surface area contributed by atoms with Crippen molar-refractivity contribution in [2.45, 2.75) is 85.4 Å². The average molecular weight is 542 g/mol. The van der Waals surface area contributed by atoms with Crippen molar-refractivity contribution in [3.05, 3.63) is 36.4 Å². The number of esters is 1. The lowest BCUT2D eigenvalue weighted by Crippen LogP contribution is -2.42. The molecule has 0 aromatic carbocycles. The van der Waals surface area contributed by atoms with Crippen LogP contribution < -0.4 is 5.32 Å². The van der Waals surface area contributed by atoms with Crippen molar-refractivity contribution < 1.29 is 9.53 Å². The van der Waals surface area contributed by atoms with Gasteiger partial charge in [-0.25, -0.2) is 9.97 Å². The molecule has 2 fully saturated rings. The molecule has 2 saturated heterocycles. The molecule has 4 rings (SSSR count). The van der Waals surface area contributed by atoms with E-state index < -0.39 is 0 Å². The van der Waals surface area contributed by atoms with E-state index in [4.69, 9.17) is 4.74 Å². The first-order valence-electron chi connectivity index (χ1n) is 15.3. The van der Waals surface area contributed by atoms with E-state index in [0.717, 1.165) is 50.0 Å². The number of likely N-dealkylation sites (tertiary alicyclic amines) is 2. The van der Waals surface area contributed by atoms with Crippen LogP contribution in [0.25, 0.3) is 0 Å². The van der Waals surface area contributed by atoms with Crippen LogP contribution in [0.1, 0.15) is 70.9 Å². The van der Waals surface area contributed by atoms with Crippen LogP contribution in [0.2, 0.25) is 0 Å². The summed E-state index contributed by atoms with van der Waals surface area (Å²) in [7, 11) is 0. The summed E-state index contributed by atoms with van der Waals surface area (Å²) in [5, 5.41) is 3.52. The maximum absolute atomic E-state index is 11.6. The maximum Gasteiger partial charge on any atom is 0.305 e. The maximum atomic E-state index is 11.6. The summed E-state index contributed by atoms with van der Waals surface area (Å²) < 4.78 is 9.46. The number of nitrogens with one attached hydrogen (secondary N) is 1. The highest BCUT2D eigenvalue weighted by Crippen LogP contribution is 2.40. The molecule has 0 radical (unpaired) electrons. The predicted molar refractivity (Wildman–Crippen MR) is 154 cm³/mol. The molecule has 0 saturated carbocycles. The highest BCUT2D eigenvalue weighted by Gasteiger charge is 2.40. The van der Waals surface area contributed by atoms with Gasteiger partial charge in [-0.05, 0) is 76.5 Å². The third-order valence-electron chi connectivity index (χ3n) is 8.43. The zero-order valence-corrected chi connectivity index (χ0v) is 24.6. The van der Waals surface area contributed by atoms with E-state index in [1.165, 1.54) is 65.0 Å². The molecule has 2 aliphatic rings. The number of aromatic nitrogens is 4. The van der Waals surface area contributed by atoms with Gasteiger partial charge < -0.3 is 29.0 Å². The smallest absolute Gasteiger partial charge is 0.305 e. The molecule has 1 spiro atoms. The van der Waals surface area contributed by atoms with Gasteiger partial charge in [-0.2, -0.15) is 0 Å². The Morgan fingerprint density at radius 1 is 0.974 bits per heavy atom. The van der Waals surface area contributed by atoms with E-state index in [1.54, 1.807) is 0 Å². The average Bonchev–Trinajstić information content (AvgIpc) is 3.65. The SMILES string of the molecule is CCOC(=O)CCCn1ccnc1CNCCc1nccn1CCCN1CCC2(CCN(CC(C)C)CC2)C1. The first kappa shape index (κ1) is 29.7. The Kier molecular flexibility index (Phi) is 11.4. The number of imidazole rings is 2. The summed E-state index contributed by atoms with van der Waals surface area (Å²) in [4.78, 5) is 26.1. The normalized spacial score (nSPS) is 17.9. The van der Waals surface area contributed by atoms with Crippen molar-refractivity contribution in [3.63, 3.8) is 0 Å². The van der Waals surface area contributed by atoms with Crippen molar-refractivity contribution in [1.29, 1.82) is 0 Å². The molecule has 2 aromatic heterocycles. The van der Waals surface area contributed by atoms with Crippen molar-refractivity contribution in [3.8, 4) is 0 Å². The molecule has 0 atom stereocenters. The van der Waals surface area contributed by atoms with Crippen LogP contribution in [0.3, 0.4) is 0 Å². The molecule has 0 bridgehead atoms. The Hall–Kier alpha value is -2.23. The van der Waals surface area contributed by atoms with Crippen molar-refractivity contribution >= 4 is 5.97 Å². The zero-order valence-electron chi connectivity index (χ0n) is 24.6. The molecule has 9 heteroatoms. The molecule has 0 unspecified atom stereocenters. The van der Waals surface area contributed by atoms with E-state index >= 15 is 0 Å². The topological polar surface area (TPSA) is 80.4 Å². The zero-order chi connectivity index (χ0) is 27.5. The Balaban J connectivity index is 1.11. The van der Waals surface area contributed by atoms with Gasteiger partial charge in [0.2, 0.25) is 0 Å². The van der Waals surface area contributed by atoms with Gasteiger partial charge in [0, 0.05) is 70.4 Å². The van der Waals surface area contributed by atoms with Gasteiger partial charge in [0.15, 0.2) is 0 Å². The summed E-state index contributed by atoms with van der Waals surface area (Å²) in [5.74, 6) is 2.79. The van der Waals surface area contributed by atoms with E-state index in [9.17, 15) is 4.79 Å². The van der Waals surface area contributed by atoms with Crippen LogP contribution in [0.5, 0.6) is 0 Å². The second kappa shape index (κ2) is 15.0. The van der Waals surface area contributed by atoms with Crippen LogP contribution >= 0.6 is 0 Å². The van der Waals surface area contributed by atoms with Crippen LogP contribution in [-0.2, 0) is 35.6 Å². The predicted octanol–water partition coefficient (Wildman–Crippen LogP) is 3.59. The lowest BCUT2D eigenvalue weighted by Gasteiger charge is -2.40. The first-order valence-corrected chi connectivity index (χ1v) is 15.3. The fourth-order valence-corrected chi connectivity index (χ4v) is 6.33. The third-order valence-corrected chi connectivity index (χ3v) is 8.43. The van der Waals surface area contributed by atoms with E-state index in [-0.39, 0.29) is 5.97 Å². The summed E-state index contributed by atoms with van der Waals surface area (Å²) in [5.41, 5.74) is 0.578. The van der Waals surface area contributed by atoms with E-state index in [2.05, 4.69) is 54.3 Å². The molecular weight excluding hydrogens is 490 g/mol. The minimum Gasteiger partial charge on any atom is -0.466 e. The van der Waals surface area contributed by atoms with E-state index in [0.29, 0.717) is 25.0 Å². The third kappa shape index (κ3) is 9.15. The minimum absolute atomic E-state index is 0.130. The van der Waals surface area contributed by atoms with Gasteiger partial charge in [-0.3, -0.25) is 4.79 Å². The number of ether oxygens (including phenoxy) is 1. The van der Waals surface area contributed by atoms with Crippen LogP contribution in [-0.4, -0.2) is 87.3 Å². The van der Waals surface area contributed by atoms with E-state index in [1.807, 2.05) is 25.5 Å². The number of nitrogens with zero attached hydrogens (tertiary/aromatic N) is 6. The Morgan fingerprint density at radius 2 is 1.64 bits per heavy atom. The molecule has 39 heavy (non-hydrogen) atoms. The van der Waals surface area contributed by atoms with Crippen LogP contribution in [0.4, 0.5) is 0 Å². The Morgan fingerprint density at radius 3 is 2.36 bits per heavy atom. The number of carbonyl (C=O) groups excluding carboxylic acids is 1. The Labute approximate surface area is 235 Å². The highest BCUT2D eigenvalue weighted by atomic mass is 16.5. The fraction of sp³-hybridized carbons (Fsp3) is 0.767. The molecule has 9 nitrogen and oxygen atoms in total. The number of rotatable bonds is 16. The fourth-order valence-electron chi connectivity index (χ4n) is 6.33. The molecule has 2 aliphatic heterocycles. The number of carbonyl (C=O) groups is 1. The quantitative estimate of drug-likeness (QED) is 0.257. The summed E-state index contributed by atoms with van der Waals surface area (Å²) in [6, 6.07) is 0. The standard InChI is InChI=1S/C30H51N7O2/c1-4-39-29(38)7-5-16-37-22-14-33-28(37)23-31-12-8-27-32-13-21-36(27)17-6-15-35-20-11-30(25-35)9-18-34(19-10-30)24-26(2)3/h13-14,21-22,26,31H,4-12,15-20,23-25H2,1-3H3. The number of piperidine rings is 1. The molecule has 218 valence electrons. The Bertz CT molecular complexity index is 993. The summed E-state index contributed by atoms with van der Waals surface area (Å²) >= 11 is 0. The number of hydrogen-bond acceptors (Lipinski definition) is 7. The van der Waals surface area contributed by atoms with Gasteiger partial charge in [0.1, 0.15) is 11.6 Å². The van der Waals surface area contributed by atoms with Gasteiger partial charge in [-0.1, -0.05) is 13.8 Å². The molecule has 1 N–H and O–H groups in total.